The molecule has 2 N–H and O–H groups in total. The highest BCUT2D eigenvalue weighted by Crippen LogP contribution is 2.37. The smallest absolute Gasteiger partial charge is 0.411 e. The monoisotopic (exact) mass is 292 g/mol. The summed E-state index contributed by atoms with van der Waals surface area (Å²) in [6.07, 6.45) is 1.48. The van der Waals surface area contributed by atoms with Crippen molar-refractivity contribution in [3.05, 3.63) is 41.7 Å². The molecule has 1 aromatic rings. The average molecular weight is 292 g/mol. The fraction of sp³-hybridized carbons (Fsp3) is 0.231. The first-order chi connectivity index (χ1) is 9.84. The van der Waals surface area contributed by atoms with Crippen molar-refractivity contribution in [1.82, 2.24) is 10.3 Å². The molecule has 1 unspecified atom stereocenters. The van der Waals surface area contributed by atoms with Crippen LogP contribution in [0.15, 0.2) is 36.2 Å². The molecule has 0 aromatic carbocycles. The van der Waals surface area contributed by atoms with Gasteiger partial charge < -0.3 is 14.6 Å². The molecule has 0 saturated heterocycles. The second-order valence-corrected chi connectivity index (χ2v) is 4.39. The Morgan fingerprint density at radius 2 is 2.19 bits per heavy atom. The molecule has 1 aromatic heterocycles. The minimum Gasteiger partial charge on any atom is -0.465 e. The predicted octanol–water partition coefficient (Wildman–Crippen LogP) is 0.896. The number of pyridine rings is 1. The van der Waals surface area contributed by atoms with Crippen LogP contribution in [0, 0.1) is 0 Å². The lowest BCUT2D eigenvalue weighted by molar-refractivity contribution is -0.142. The molecule has 8 heteroatoms. The number of Topliss-reactive ketones (excluding diaryl/α,β-unsaturated/α-hetero) is 1. The van der Waals surface area contributed by atoms with Crippen molar-refractivity contribution in [2.75, 3.05) is 0 Å². The fourth-order valence-electron chi connectivity index (χ4n) is 1.87. The maximum absolute atomic E-state index is 12.4. The van der Waals surface area contributed by atoms with E-state index in [4.69, 9.17) is 14.6 Å². The molecule has 0 bridgehead atoms. The van der Waals surface area contributed by atoms with Gasteiger partial charge in [0.1, 0.15) is 0 Å². The highest BCUT2D eigenvalue weighted by atomic mass is 16.6. The van der Waals surface area contributed by atoms with Gasteiger partial charge in [-0.3, -0.25) is 19.9 Å². The van der Waals surface area contributed by atoms with Gasteiger partial charge in [-0.15, -0.1) is 0 Å². The third-order valence-electron chi connectivity index (χ3n) is 2.83. The Morgan fingerprint density at radius 3 is 2.71 bits per heavy atom. The number of ketones is 1. The normalized spacial score (nSPS) is 21.0. The standard InChI is InChI=1S/C13H12N2O6/c1-7(16)20-9-10(17)13(2,8-4-3-5-14-6-8)21-11(9)15-12(18)19/h3-6,15H,1-2H3,(H,18,19). The SMILES string of the molecule is CC(=O)OC1=C(NC(=O)O)OC(C)(c2cccnc2)C1=O. The van der Waals surface area contributed by atoms with Crippen LogP contribution in [0.25, 0.3) is 0 Å². The van der Waals surface area contributed by atoms with Crippen LogP contribution in [0.3, 0.4) is 0 Å². The van der Waals surface area contributed by atoms with Gasteiger partial charge in [0.15, 0.2) is 0 Å². The Kier molecular flexibility index (Phi) is 3.62. The van der Waals surface area contributed by atoms with Crippen molar-refractivity contribution in [3.8, 4) is 0 Å². The summed E-state index contributed by atoms with van der Waals surface area (Å²) in [5.41, 5.74) is -1.11. The molecule has 110 valence electrons. The molecule has 1 amide bonds. The van der Waals surface area contributed by atoms with E-state index < -0.39 is 35.1 Å². The summed E-state index contributed by atoms with van der Waals surface area (Å²) < 4.78 is 10.2. The summed E-state index contributed by atoms with van der Waals surface area (Å²) in [4.78, 5) is 38.1. The van der Waals surface area contributed by atoms with Crippen LogP contribution in [-0.4, -0.2) is 27.9 Å². The zero-order chi connectivity index (χ0) is 15.6. The molecule has 0 saturated carbocycles. The van der Waals surface area contributed by atoms with Gasteiger partial charge in [-0.25, -0.2) is 4.79 Å². The molecule has 2 heterocycles. The van der Waals surface area contributed by atoms with Gasteiger partial charge in [-0.1, -0.05) is 6.07 Å². The summed E-state index contributed by atoms with van der Waals surface area (Å²) in [6, 6.07) is 3.20. The third kappa shape index (κ3) is 2.69. The first-order valence-corrected chi connectivity index (χ1v) is 5.91. The number of hydrogen-bond acceptors (Lipinski definition) is 6. The third-order valence-corrected chi connectivity index (χ3v) is 2.83. The number of nitrogens with one attached hydrogen (secondary N) is 1. The van der Waals surface area contributed by atoms with Gasteiger partial charge in [0.2, 0.25) is 17.2 Å². The Labute approximate surface area is 119 Å². The number of hydrogen-bond donors (Lipinski definition) is 2. The number of aromatic nitrogens is 1. The van der Waals surface area contributed by atoms with Crippen molar-refractivity contribution in [3.63, 3.8) is 0 Å². The van der Waals surface area contributed by atoms with Crippen LogP contribution in [0.2, 0.25) is 0 Å². The number of carbonyl (C=O) groups is 3. The van der Waals surface area contributed by atoms with E-state index in [1.54, 1.807) is 12.1 Å². The van der Waals surface area contributed by atoms with Crippen LogP contribution in [0.4, 0.5) is 4.79 Å². The maximum Gasteiger partial charge on any atom is 0.411 e. The van der Waals surface area contributed by atoms with E-state index in [0.29, 0.717) is 5.56 Å². The van der Waals surface area contributed by atoms with E-state index in [2.05, 4.69) is 4.98 Å². The van der Waals surface area contributed by atoms with E-state index in [1.807, 2.05) is 5.32 Å². The van der Waals surface area contributed by atoms with Crippen molar-refractivity contribution in [2.45, 2.75) is 19.4 Å². The fourth-order valence-corrected chi connectivity index (χ4v) is 1.87. The quantitative estimate of drug-likeness (QED) is 0.795. The molecule has 0 spiro atoms. The van der Waals surface area contributed by atoms with Crippen LogP contribution < -0.4 is 5.32 Å². The van der Waals surface area contributed by atoms with E-state index in [-0.39, 0.29) is 0 Å². The van der Waals surface area contributed by atoms with Crippen molar-refractivity contribution in [2.24, 2.45) is 0 Å². The average Bonchev–Trinajstić information content (AvgIpc) is 2.64. The van der Waals surface area contributed by atoms with E-state index in [0.717, 1.165) is 6.92 Å². The van der Waals surface area contributed by atoms with E-state index >= 15 is 0 Å². The van der Waals surface area contributed by atoms with Gasteiger partial charge in [0, 0.05) is 24.9 Å². The number of amides is 1. The summed E-state index contributed by atoms with van der Waals surface area (Å²) >= 11 is 0. The Morgan fingerprint density at radius 1 is 1.48 bits per heavy atom. The number of nitrogens with zero attached hydrogens (tertiary/aromatic N) is 1. The Hall–Kier alpha value is -2.90. The highest BCUT2D eigenvalue weighted by molar-refractivity contribution is 6.04. The first kappa shape index (κ1) is 14.5. The second-order valence-electron chi connectivity index (χ2n) is 4.39. The molecule has 1 atom stereocenters. The van der Waals surface area contributed by atoms with Crippen LogP contribution >= 0.6 is 0 Å². The van der Waals surface area contributed by atoms with Gasteiger partial charge in [0.05, 0.1) is 0 Å². The topological polar surface area (TPSA) is 115 Å². The number of esters is 1. The molecule has 1 aliphatic rings. The van der Waals surface area contributed by atoms with Gasteiger partial charge in [-0.2, -0.15) is 0 Å². The van der Waals surface area contributed by atoms with E-state index in [1.165, 1.54) is 19.3 Å². The number of carbonyl (C=O) groups excluding carboxylic acids is 2. The van der Waals surface area contributed by atoms with Crippen LogP contribution in [-0.2, 0) is 24.7 Å². The molecule has 0 radical (unpaired) electrons. The lowest BCUT2D eigenvalue weighted by Gasteiger charge is -2.22. The zero-order valence-electron chi connectivity index (χ0n) is 11.2. The Balaban J connectivity index is 2.42. The molecule has 1 aliphatic heterocycles. The van der Waals surface area contributed by atoms with E-state index in [9.17, 15) is 14.4 Å². The second kappa shape index (κ2) is 5.23. The van der Waals surface area contributed by atoms with Gasteiger partial charge in [0.25, 0.3) is 5.78 Å². The van der Waals surface area contributed by atoms with Gasteiger partial charge >= 0.3 is 12.1 Å². The summed E-state index contributed by atoms with van der Waals surface area (Å²) in [6.45, 7) is 2.53. The summed E-state index contributed by atoms with van der Waals surface area (Å²) in [5, 5.41) is 10.7. The highest BCUT2D eigenvalue weighted by Gasteiger charge is 2.50. The molecule has 0 fully saturated rings. The maximum atomic E-state index is 12.4. The molecule has 21 heavy (non-hydrogen) atoms. The van der Waals surface area contributed by atoms with Crippen molar-refractivity contribution >= 4 is 17.8 Å². The Bertz CT molecular complexity index is 639. The molecule has 8 nitrogen and oxygen atoms in total. The largest absolute Gasteiger partial charge is 0.465 e. The van der Waals surface area contributed by atoms with Crippen LogP contribution in [0.1, 0.15) is 19.4 Å². The lowest BCUT2D eigenvalue weighted by atomic mass is 9.93. The lowest BCUT2D eigenvalue weighted by Crippen LogP contribution is -2.32. The van der Waals surface area contributed by atoms with Crippen molar-refractivity contribution in [1.29, 1.82) is 0 Å². The first-order valence-electron chi connectivity index (χ1n) is 5.91. The molecular weight excluding hydrogens is 280 g/mol. The number of rotatable bonds is 3. The summed E-state index contributed by atoms with van der Waals surface area (Å²) in [5.74, 6) is -2.33. The molecule has 0 aliphatic carbocycles. The molecular formula is C13H12N2O6. The van der Waals surface area contributed by atoms with Crippen molar-refractivity contribution < 1.29 is 29.0 Å². The van der Waals surface area contributed by atoms with Crippen LogP contribution in [0.5, 0.6) is 0 Å². The minimum atomic E-state index is -1.52. The summed E-state index contributed by atoms with van der Waals surface area (Å²) in [7, 11) is 0. The zero-order valence-corrected chi connectivity index (χ0v) is 11.2. The van der Waals surface area contributed by atoms with Gasteiger partial charge in [-0.05, 0) is 13.0 Å². The minimum absolute atomic E-state index is 0.404. The molecule has 2 rings (SSSR count). The number of ether oxygens (including phenoxy) is 2. The number of carboxylic acid groups (broad SMARTS) is 1. The predicted molar refractivity (Wildman–Crippen MR) is 67.6 cm³/mol.